The third-order valence-electron chi connectivity index (χ3n) is 2.74. The highest BCUT2D eigenvalue weighted by Crippen LogP contribution is 2.18. The van der Waals surface area contributed by atoms with E-state index in [4.69, 9.17) is 9.15 Å². The number of rotatable bonds is 4. The topological polar surface area (TPSA) is 52.3 Å². The molecule has 0 fully saturated rings. The Morgan fingerprint density at radius 1 is 1.21 bits per heavy atom. The van der Waals surface area contributed by atoms with Gasteiger partial charge in [-0.2, -0.15) is 0 Å². The fourth-order valence-corrected chi connectivity index (χ4v) is 1.79. The molecule has 19 heavy (non-hydrogen) atoms. The zero-order valence-corrected chi connectivity index (χ0v) is 10.1. The number of Topliss-reactive ketones (excluding diaryl/α,β-unsaturated/α-hetero) is 1. The van der Waals surface area contributed by atoms with Crippen LogP contribution in [0.3, 0.4) is 0 Å². The van der Waals surface area contributed by atoms with Crippen LogP contribution in [0.25, 0.3) is 10.9 Å². The molecule has 3 aromatic rings. The van der Waals surface area contributed by atoms with Gasteiger partial charge in [0.1, 0.15) is 5.75 Å². The maximum atomic E-state index is 11.7. The van der Waals surface area contributed by atoms with Crippen molar-refractivity contribution in [2.24, 2.45) is 0 Å². The van der Waals surface area contributed by atoms with Crippen molar-refractivity contribution >= 4 is 16.7 Å². The number of ketones is 1. The van der Waals surface area contributed by atoms with Crippen molar-refractivity contribution in [2.45, 2.75) is 0 Å². The summed E-state index contributed by atoms with van der Waals surface area (Å²) in [6.45, 7) is -0.0497. The minimum atomic E-state index is -0.189. The highest BCUT2D eigenvalue weighted by molar-refractivity contribution is 5.94. The molecular weight excluding hydrogens is 242 g/mol. The van der Waals surface area contributed by atoms with Gasteiger partial charge in [0.25, 0.3) is 0 Å². The number of benzene rings is 1. The number of nitrogens with zero attached hydrogens (tertiary/aromatic N) is 1. The summed E-state index contributed by atoms with van der Waals surface area (Å²) in [7, 11) is 0. The molecule has 0 aliphatic rings. The van der Waals surface area contributed by atoms with Crippen molar-refractivity contribution in [2.75, 3.05) is 6.61 Å². The fraction of sp³-hybridized carbons (Fsp3) is 0.0667. The molecule has 0 N–H and O–H groups in total. The van der Waals surface area contributed by atoms with Gasteiger partial charge < -0.3 is 9.15 Å². The van der Waals surface area contributed by atoms with Gasteiger partial charge in [-0.15, -0.1) is 0 Å². The third-order valence-corrected chi connectivity index (χ3v) is 2.74. The second kappa shape index (κ2) is 4.94. The van der Waals surface area contributed by atoms with E-state index in [0.29, 0.717) is 11.5 Å². The van der Waals surface area contributed by atoms with E-state index in [1.807, 2.05) is 30.3 Å². The lowest BCUT2D eigenvalue weighted by molar-refractivity contribution is 0.0894. The number of carbonyl (C=O) groups excluding carboxylic acids is 1. The van der Waals surface area contributed by atoms with Gasteiger partial charge in [-0.05, 0) is 30.3 Å². The highest BCUT2D eigenvalue weighted by Gasteiger charge is 2.09. The fourth-order valence-electron chi connectivity index (χ4n) is 1.79. The zero-order valence-electron chi connectivity index (χ0n) is 10.1. The Morgan fingerprint density at radius 3 is 3.00 bits per heavy atom. The molecule has 0 saturated carbocycles. The van der Waals surface area contributed by atoms with Crippen molar-refractivity contribution in [1.82, 2.24) is 4.98 Å². The lowest BCUT2D eigenvalue weighted by atomic mass is 10.2. The molecule has 0 aliphatic carbocycles. The molecule has 0 saturated heterocycles. The van der Waals surface area contributed by atoms with Crippen molar-refractivity contribution in [3.8, 4) is 5.75 Å². The summed E-state index contributed by atoms with van der Waals surface area (Å²) in [5.74, 6) is 0.733. The molecule has 3 rings (SSSR count). The summed E-state index contributed by atoms with van der Waals surface area (Å²) in [6, 6.07) is 12.7. The molecule has 0 aliphatic heterocycles. The van der Waals surface area contributed by atoms with E-state index in [0.717, 1.165) is 10.9 Å². The molecule has 0 bridgehead atoms. The molecule has 0 spiro atoms. The molecule has 0 amide bonds. The lowest BCUT2D eigenvalue weighted by Gasteiger charge is -2.05. The Morgan fingerprint density at radius 2 is 2.16 bits per heavy atom. The van der Waals surface area contributed by atoms with Crippen molar-refractivity contribution in [3.63, 3.8) is 0 Å². The van der Waals surface area contributed by atoms with E-state index >= 15 is 0 Å². The maximum Gasteiger partial charge on any atom is 0.235 e. The number of furan rings is 1. The summed E-state index contributed by atoms with van der Waals surface area (Å²) in [5, 5.41) is 1.03. The van der Waals surface area contributed by atoms with Crippen LogP contribution in [-0.4, -0.2) is 17.4 Å². The zero-order chi connectivity index (χ0) is 13.1. The Balaban J connectivity index is 1.73. The number of aromatic nitrogens is 1. The van der Waals surface area contributed by atoms with Gasteiger partial charge in [0, 0.05) is 17.6 Å². The van der Waals surface area contributed by atoms with Gasteiger partial charge >= 0.3 is 0 Å². The monoisotopic (exact) mass is 253 g/mol. The lowest BCUT2D eigenvalue weighted by Crippen LogP contribution is -2.10. The quantitative estimate of drug-likeness (QED) is 0.670. The Labute approximate surface area is 109 Å². The molecule has 0 radical (unpaired) electrons. The van der Waals surface area contributed by atoms with Crippen LogP contribution >= 0.6 is 0 Å². The Hall–Kier alpha value is -2.62. The molecule has 0 atom stereocenters. The molecule has 1 aromatic carbocycles. The van der Waals surface area contributed by atoms with Crippen LogP contribution in [0, 0.1) is 0 Å². The van der Waals surface area contributed by atoms with Gasteiger partial charge in [0.2, 0.25) is 5.78 Å². The first-order chi connectivity index (χ1) is 9.33. The van der Waals surface area contributed by atoms with Gasteiger partial charge in [-0.25, -0.2) is 0 Å². The third kappa shape index (κ3) is 2.47. The van der Waals surface area contributed by atoms with Crippen LogP contribution in [-0.2, 0) is 0 Å². The van der Waals surface area contributed by atoms with E-state index in [2.05, 4.69) is 4.98 Å². The number of ether oxygens (including phenoxy) is 1. The normalized spacial score (nSPS) is 10.5. The van der Waals surface area contributed by atoms with Crippen LogP contribution < -0.4 is 4.74 Å². The average molecular weight is 253 g/mol. The van der Waals surface area contributed by atoms with Crippen molar-refractivity contribution in [1.29, 1.82) is 0 Å². The number of fused-ring (bicyclic) bond motifs is 1. The number of hydrogen-bond acceptors (Lipinski definition) is 4. The molecule has 94 valence electrons. The summed E-state index contributed by atoms with van der Waals surface area (Å²) < 4.78 is 10.5. The Bertz CT molecular complexity index is 704. The van der Waals surface area contributed by atoms with E-state index < -0.39 is 0 Å². The number of hydrogen-bond donors (Lipinski definition) is 0. The molecule has 0 unspecified atom stereocenters. The predicted molar refractivity (Wildman–Crippen MR) is 70.3 cm³/mol. The first-order valence-corrected chi connectivity index (χ1v) is 5.87. The number of pyridine rings is 1. The van der Waals surface area contributed by atoms with Crippen LogP contribution in [0.1, 0.15) is 10.6 Å². The molecule has 4 heteroatoms. The highest BCUT2D eigenvalue weighted by atomic mass is 16.5. The summed E-state index contributed by atoms with van der Waals surface area (Å²) in [4.78, 5) is 15.9. The van der Waals surface area contributed by atoms with Crippen LogP contribution in [0.15, 0.2) is 59.3 Å². The first kappa shape index (κ1) is 11.5. The van der Waals surface area contributed by atoms with Gasteiger partial charge in [-0.1, -0.05) is 6.07 Å². The van der Waals surface area contributed by atoms with Crippen molar-refractivity contribution in [3.05, 3.63) is 60.7 Å². The second-order valence-corrected chi connectivity index (χ2v) is 4.05. The minimum absolute atomic E-state index is 0.0497. The molecule has 2 aromatic heterocycles. The summed E-state index contributed by atoms with van der Waals surface area (Å²) in [6.07, 6.45) is 3.19. The maximum absolute atomic E-state index is 11.7. The van der Waals surface area contributed by atoms with E-state index in [1.54, 1.807) is 18.3 Å². The summed E-state index contributed by atoms with van der Waals surface area (Å²) >= 11 is 0. The predicted octanol–water partition coefficient (Wildman–Crippen LogP) is 3.09. The smallest absolute Gasteiger partial charge is 0.235 e. The van der Waals surface area contributed by atoms with Crippen LogP contribution in [0.5, 0.6) is 5.75 Å². The molecular formula is C15H11NO3. The van der Waals surface area contributed by atoms with Crippen LogP contribution in [0.2, 0.25) is 0 Å². The van der Waals surface area contributed by atoms with E-state index in [-0.39, 0.29) is 12.4 Å². The van der Waals surface area contributed by atoms with Gasteiger partial charge in [-0.3, -0.25) is 9.78 Å². The average Bonchev–Trinajstić information content (AvgIpc) is 2.99. The molecule has 2 heterocycles. The first-order valence-electron chi connectivity index (χ1n) is 5.87. The van der Waals surface area contributed by atoms with Crippen molar-refractivity contribution < 1.29 is 13.9 Å². The minimum Gasteiger partial charge on any atom is -0.485 e. The standard InChI is InChI=1S/C15H11NO3/c17-14(15-4-2-8-18-15)10-19-12-6-5-11-3-1-7-16-13(11)9-12/h1-9H,10H2. The van der Waals surface area contributed by atoms with Gasteiger partial charge in [0.05, 0.1) is 11.8 Å². The number of carbonyl (C=O) groups is 1. The molecule has 4 nitrogen and oxygen atoms in total. The van der Waals surface area contributed by atoms with Crippen LogP contribution in [0.4, 0.5) is 0 Å². The second-order valence-electron chi connectivity index (χ2n) is 4.05. The Kier molecular flexibility index (Phi) is 2.98. The summed E-state index contributed by atoms with van der Waals surface area (Å²) in [5.41, 5.74) is 0.838. The van der Waals surface area contributed by atoms with Gasteiger partial charge in [0.15, 0.2) is 12.4 Å². The van der Waals surface area contributed by atoms with E-state index in [9.17, 15) is 4.79 Å². The van der Waals surface area contributed by atoms with E-state index in [1.165, 1.54) is 6.26 Å². The largest absolute Gasteiger partial charge is 0.485 e. The SMILES string of the molecule is O=C(COc1ccc2cccnc2c1)c1ccco1.